The zero-order valence-corrected chi connectivity index (χ0v) is 14.3. The molecule has 0 aromatic heterocycles. The van der Waals surface area contributed by atoms with Crippen LogP contribution in [-0.2, 0) is 14.4 Å². The summed E-state index contributed by atoms with van der Waals surface area (Å²) in [6.07, 6.45) is 0.279. The maximum atomic E-state index is 12.5. The van der Waals surface area contributed by atoms with Crippen molar-refractivity contribution in [1.82, 2.24) is 14.7 Å². The number of rotatable bonds is 3. The fourth-order valence-electron chi connectivity index (χ4n) is 2.94. The normalized spacial score (nSPS) is 22.9. The second-order valence-corrected chi connectivity index (χ2v) is 7.09. The van der Waals surface area contributed by atoms with Gasteiger partial charge in [-0.05, 0) is 13.8 Å². The van der Waals surface area contributed by atoms with E-state index in [4.69, 9.17) is 23.2 Å². The smallest absolute Gasteiger partial charge is 0.255 e. The van der Waals surface area contributed by atoms with Gasteiger partial charge in [0.05, 0.1) is 5.92 Å². The van der Waals surface area contributed by atoms with Crippen LogP contribution in [0, 0.1) is 5.92 Å². The van der Waals surface area contributed by atoms with Crippen molar-refractivity contribution in [2.45, 2.75) is 31.1 Å². The Bertz CT molecular complexity index is 462. The molecule has 2 fully saturated rings. The first-order valence-electron chi connectivity index (χ1n) is 7.46. The molecule has 124 valence electrons. The Kier molecular flexibility index (Phi) is 5.55. The Balaban J connectivity index is 1.88. The molecule has 8 heteroatoms. The first kappa shape index (κ1) is 17.3. The molecule has 2 aliphatic rings. The minimum absolute atomic E-state index is 0.00287. The standard InChI is InChI=1S/C14H21Cl2N3O3/c1-9(2)19-8-10(7-11(19)20)13(21)17-3-5-18(6-4-17)14(22)12(15)16/h9-10,12H,3-8H2,1-2H3. The molecular weight excluding hydrogens is 329 g/mol. The number of halogens is 2. The van der Waals surface area contributed by atoms with Gasteiger partial charge in [-0.3, -0.25) is 14.4 Å². The number of hydrogen-bond donors (Lipinski definition) is 0. The van der Waals surface area contributed by atoms with Gasteiger partial charge in [0.25, 0.3) is 5.91 Å². The SMILES string of the molecule is CC(C)N1CC(C(=O)N2CCN(C(=O)C(Cl)Cl)CC2)CC1=O. The van der Waals surface area contributed by atoms with Gasteiger partial charge >= 0.3 is 0 Å². The maximum Gasteiger partial charge on any atom is 0.255 e. The van der Waals surface area contributed by atoms with Gasteiger partial charge in [-0.15, -0.1) is 0 Å². The number of carbonyl (C=O) groups excluding carboxylic acids is 3. The third-order valence-corrected chi connectivity index (χ3v) is 4.59. The molecule has 2 aliphatic heterocycles. The number of alkyl halides is 2. The lowest BCUT2D eigenvalue weighted by Crippen LogP contribution is -2.53. The lowest BCUT2D eigenvalue weighted by Gasteiger charge is -2.36. The summed E-state index contributed by atoms with van der Waals surface area (Å²) in [5.41, 5.74) is 0. The summed E-state index contributed by atoms with van der Waals surface area (Å²) >= 11 is 11.2. The van der Waals surface area contributed by atoms with Crippen molar-refractivity contribution in [3.05, 3.63) is 0 Å². The largest absolute Gasteiger partial charge is 0.339 e. The molecule has 2 rings (SSSR count). The third-order valence-electron chi connectivity index (χ3n) is 4.22. The molecule has 3 amide bonds. The molecule has 6 nitrogen and oxygen atoms in total. The second-order valence-electron chi connectivity index (χ2n) is 5.99. The molecule has 0 aromatic rings. The molecule has 0 aromatic carbocycles. The van der Waals surface area contributed by atoms with Crippen molar-refractivity contribution in [2.24, 2.45) is 5.92 Å². The quantitative estimate of drug-likeness (QED) is 0.705. The lowest BCUT2D eigenvalue weighted by atomic mass is 10.1. The zero-order valence-electron chi connectivity index (χ0n) is 12.8. The average molecular weight is 350 g/mol. The summed E-state index contributed by atoms with van der Waals surface area (Å²) in [7, 11) is 0. The van der Waals surface area contributed by atoms with Gasteiger partial charge in [0.15, 0.2) is 4.84 Å². The first-order chi connectivity index (χ1) is 10.3. The van der Waals surface area contributed by atoms with Gasteiger partial charge in [0.2, 0.25) is 11.8 Å². The van der Waals surface area contributed by atoms with Gasteiger partial charge in [-0.25, -0.2) is 0 Å². The summed E-state index contributed by atoms with van der Waals surface area (Å²) in [4.78, 5) is 40.1. The summed E-state index contributed by atoms with van der Waals surface area (Å²) in [5, 5.41) is 0. The highest BCUT2D eigenvalue weighted by molar-refractivity contribution is 6.53. The second kappa shape index (κ2) is 7.04. The Morgan fingerprint density at radius 1 is 1.09 bits per heavy atom. The zero-order chi connectivity index (χ0) is 16.4. The van der Waals surface area contributed by atoms with E-state index in [1.54, 1.807) is 14.7 Å². The van der Waals surface area contributed by atoms with Crippen LogP contribution >= 0.6 is 23.2 Å². The first-order valence-corrected chi connectivity index (χ1v) is 8.33. The van der Waals surface area contributed by atoms with Crippen molar-refractivity contribution in [3.63, 3.8) is 0 Å². The molecule has 2 saturated heterocycles. The fraction of sp³-hybridized carbons (Fsp3) is 0.786. The molecule has 2 heterocycles. The number of carbonyl (C=O) groups is 3. The van der Waals surface area contributed by atoms with Crippen LogP contribution in [-0.4, -0.2) is 76.0 Å². The van der Waals surface area contributed by atoms with E-state index in [1.807, 2.05) is 13.8 Å². The van der Waals surface area contributed by atoms with Crippen LogP contribution in [0.25, 0.3) is 0 Å². The van der Waals surface area contributed by atoms with Gasteiger partial charge in [-0.2, -0.15) is 0 Å². The van der Waals surface area contributed by atoms with Crippen LogP contribution in [0.1, 0.15) is 20.3 Å². The predicted octanol–water partition coefficient (Wildman–Crippen LogP) is 0.718. The van der Waals surface area contributed by atoms with Crippen LogP contribution in [0.2, 0.25) is 0 Å². The molecule has 1 unspecified atom stereocenters. The Labute approximate surface area is 140 Å². The Morgan fingerprint density at radius 2 is 1.64 bits per heavy atom. The number of hydrogen-bond acceptors (Lipinski definition) is 3. The van der Waals surface area contributed by atoms with Crippen LogP contribution in [0.4, 0.5) is 0 Å². The van der Waals surface area contributed by atoms with E-state index in [9.17, 15) is 14.4 Å². The Hall–Kier alpha value is -1.01. The molecule has 0 saturated carbocycles. The third kappa shape index (κ3) is 3.66. The van der Waals surface area contributed by atoms with E-state index in [0.29, 0.717) is 32.7 Å². The minimum Gasteiger partial charge on any atom is -0.339 e. The number of likely N-dealkylation sites (tertiary alicyclic amines) is 1. The number of piperazine rings is 1. The molecule has 0 bridgehead atoms. The van der Waals surface area contributed by atoms with Gasteiger partial charge < -0.3 is 14.7 Å². The van der Waals surface area contributed by atoms with E-state index in [0.717, 1.165) is 0 Å². The number of amides is 3. The van der Waals surface area contributed by atoms with Gasteiger partial charge in [0, 0.05) is 45.2 Å². The summed E-state index contributed by atoms with van der Waals surface area (Å²) in [6.45, 7) is 6.15. The van der Waals surface area contributed by atoms with Crippen LogP contribution < -0.4 is 0 Å². The summed E-state index contributed by atoms with van der Waals surface area (Å²) in [5.74, 6) is -0.561. The average Bonchev–Trinajstić information content (AvgIpc) is 2.88. The molecule has 0 spiro atoms. The van der Waals surface area contributed by atoms with E-state index < -0.39 is 4.84 Å². The fourth-order valence-corrected chi connectivity index (χ4v) is 3.22. The highest BCUT2D eigenvalue weighted by atomic mass is 35.5. The minimum atomic E-state index is -1.06. The lowest BCUT2D eigenvalue weighted by molar-refractivity contribution is -0.141. The van der Waals surface area contributed by atoms with Gasteiger partial charge in [-0.1, -0.05) is 23.2 Å². The van der Waals surface area contributed by atoms with E-state index in [1.165, 1.54) is 0 Å². The van der Waals surface area contributed by atoms with Crippen molar-refractivity contribution < 1.29 is 14.4 Å². The Morgan fingerprint density at radius 3 is 2.09 bits per heavy atom. The maximum absolute atomic E-state index is 12.5. The van der Waals surface area contributed by atoms with Crippen LogP contribution in [0.3, 0.4) is 0 Å². The highest BCUT2D eigenvalue weighted by Crippen LogP contribution is 2.23. The summed E-state index contributed by atoms with van der Waals surface area (Å²) < 4.78 is 0. The van der Waals surface area contributed by atoms with Crippen molar-refractivity contribution in [3.8, 4) is 0 Å². The topological polar surface area (TPSA) is 60.9 Å². The van der Waals surface area contributed by atoms with Gasteiger partial charge in [0.1, 0.15) is 0 Å². The molecule has 22 heavy (non-hydrogen) atoms. The van der Waals surface area contributed by atoms with E-state index >= 15 is 0 Å². The number of nitrogens with zero attached hydrogens (tertiary/aromatic N) is 3. The molecule has 0 N–H and O–H groups in total. The monoisotopic (exact) mass is 349 g/mol. The molecule has 0 radical (unpaired) electrons. The van der Waals surface area contributed by atoms with E-state index in [2.05, 4.69) is 0 Å². The molecule has 0 aliphatic carbocycles. The van der Waals surface area contributed by atoms with Crippen molar-refractivity contribution >= 4 is 40.9 Å². The molecule has 1 atom stereocenters. The van der Waals surface area contributed by atoms with Crippen molar-refractivity contribution in [2.75, 3.05) is 32.7 Å². The van der Waals surface area contributed by atoms with Crippen molar-refractivity contribution in [1.29, 1.82) is 0 Å². The molecular formula is C14H21Cl2N3O3. The predicted molar refractivity (Wildman–Crippen MR) is 83.6 cm³/mol. The van der Waals surface area contributed by atoms with Crippen LogP contribution in [0.15, 0.2) is 0 Å². The van der Waals surface area contributed by atoms with E-state index in [-0.39, 0.29) is 36.1 Å². The summed E-state index contributed by atoms with van der Waals surface area (Å²) in [6, 6.07) is 0.115. The van der Waals surface area contributed by atoms with Crippen LogP contribution in [0.5, 0.6) is 0 Å². The highest BCUT2D eigenvalue weighted by Gasteiger charge is 2.38.